The van der Waals surface area contributed by atoms with Crippen molar-refractivity contribution in [3.8, 4) is 27.9 Å². The minimum Gasteiger partial charge on any atom is -0.310 e. The molecule has 73 heavy (non-hydrogen) atoms. The van der Waals surface area contributed by atoms with Gasteiger partial charge in [0.15, 0.2) is 0 Å². The van der Waals surface area contributed by atoms with E-state index >= 15 is 0 Å². The van der Waals surface area contributed by atoms with Crippen LogP contribution in [0.15, 0.2) is 261 Å². The fourth-order valence-electron chi connectivity index (χ4n) is 12.3. The maximum Gasteiger partial charge on any atom is 0.0714 e. The maximum absolute atomic E-state index is 2.47. The standard InChI is InChI=1S/C71H52N2/c1-70(2,3)52-34-37-55(38-35-52)72(69-45-51-18-10-11-23-58(51)59-24-12-13-26-62(59)69)56-36-32-48-42-47(30-31-49(48)43-56)50-33-41-68-64(44-50)63-27-15-17-29-67(63)73(68)57-39-40-61-60-25-14-16-28-65(60)71(66(61)46-57,53-19-6-4-7-20-53)54-21-8-5-9-22-54/h4-46H,1-3H3. The van der Waals surface area contributed by atoms with E-state index in [1.54, 1.807) is 0 Å². The molecule has 12 aromatic carbocycles. The highest BCUT2D eigenvalue weighted by Crippen LogP contribution is 2.57. The summed E-state index contributed by atoms with van der Waals surface area (Å²) in [6.07, 6.45) is 0. The summed E-state index contributed by atoms with van der Waals surface area (Å²) in [7, 11) is 0. The molecule has 0 amide bonds. The zero-order chi connectivity index (χ0) is 48.8. The van der Waals surface area contributed by atoms with Crippen LogP contribution in [0.25, 0.3) is 82.1 Å². The molecule has 1 heterocycles. The molecule has 0 unspecified atom stereocenters. The molecule has 0 spiro atoms. The highest BCUT2D eigenvalue weighted by Gasteiger charge is 2.46. The topological polar surface area (TPSA) is 8.17 Å². The first-order valence-electron chi connectivity index (χ1n) is 25.6. The van der Waals surface area contributed by atoms with Gasteiger partial charge in [0.05, 0.1) is 22.1 Å². The second kappa shape index (κ2) is 16.6. The first-order chi connectivity index (χ1) is 35.8. The zero-order valence-corrected chi connectivity index (χ0v) is 41.2. The van der Waals surface area contributed by atoms with Gasteiger partial charge in [0.1, 0.15) is 0 Å². The molecule has 0 saturated heterocycles. The van der Waals surface area contributed by atoms with Gasteiger partial charge in [-0.15, -0.1) is 0 Å². The van der Waals surface area contributed by atoms with Crippen LogP contribution in [0.4, 0.5) is 17.1 Å². The second-order valence-electron chi connectivity index (χ2n) is 20.9. The van der Waals surface area contributed by atoms with Crippen LogP contribution in [0.2, 0.25) is 0 Å². The number of hydrogen-bond acceptors (Lipinski definition) is 1. The van der Waals surface area contributed by atoms with Crippen molar-refractivity contribution < 1.29 is 0 Å². The highest BCUT2D eigenvalue weighted by atomic mass is 15.1. The summed E-state index contributed by atoms with van der Waals surface area (Å²) in [5, 5.41) is 9.84. The molecule has 14 rings (SSSR count). The molecule has 2 nitrogen and oxygen atoms in total. The summed E-state index contributed by atoms with van der Waals surface area (Å²) in [5.41, 5.74) is 18.0. The van der Waals surface area contributed by atoms with Gasteiger partial charge in [-0.25, -0.2) is 0 Å². The number of benzene rings is 12. The Kier molecular flexibility index (Phi) is 9.72. The second-order valence-corrected chi connectivity index (χ2v) is 20.9. The van der Waals surface area contributed by atoms with Gasteiger partial charge in [-0.2, -0.15) is 0 Å². The third kappa shape index (κ3) is 6.71. The van der Waals surface area contributed by atoms with E-state index in [1.165, 1.54) is 104 Å². The summed E-state index contributed by atoms with van der Waals surface area (Å²) >= 11 is 0. The first-order valence-corrected chi connectivity index (χ1v) is 25.6. The van der Waals surface area contributed by atoms with Crippen LogP contribution in [0.5, 0.6) is 0 Å². The lowest BCUT2D eigenvalue weighted by Gasteiger charge is -2.34. The zero-order valence-electron chi connectivity index (χ0n) is 41.2. The lowest BCUT2D eigenvalue weighted by molar-refractivity contribution is 0.590. The van der Waals surface area contributed by atoms with E-state index in [-0.39, 0.29) is 5.41 Å². The van der Waals surface area contributed by atoms with Crippen LogP contribution in [0.1, 0.15) is 48.6 Å². The molecule has 1 aliphatic rings. The molecule has 0 radical (unpaired) electrons. The van der Waals surface area contributed by atoms with E-state index in [2.05, 4.69) is 291 Å². The van der Waals surface area contributed by atoms with E-state index in [0.29, 0.717) is 0 Å². The number of anilines is 3. The molecule has 346 valence electrons. The molecule has 0 atom stereocenters. The summed E-state index contributed by atoms with van der Waals surface area (Å²) < 4.78 is 2.47. The van der Waals surface area contributed by atoms with E-state index < -0.39 is 5.41 Å². The Morgan fingerprint density at radius 2 is 0.932 bits per heavy atom. The van der Waals surface area contributed by atoms with Crippen LogP contribution in [0.3, 0.4) is 0 Å². The Labute approximate surface area is 426 Å². The molecule has 2 heteroatoms. The molecule has 13 aromatic rings. The van der Waals surface area contributed by atoms with Crippen LogP contribution in [-0.2, 0) is 10.8 Å². The summed E-state index contributed by atoms with van der Waals surface area (Å²) in [6, 6.07) is 97.3. The van der Waals surface area contributed by atoms with Gasteiger partial charge in [-0.1, -0.05) is 215 Å². The van der Waals surface area contributed by atoms with Crippen LogP contribution in [0, 0.1) is 0 Å². The number of aromatic nitrogens is 1. The van der Waals surface area contributed by atoms with E-state index in [0.717, 1.165) is 22.7 Å². The normalized spacial score (nSPS) is 13.0. The Morgan fingerprint density at radius 1 is 0.356 bits per heavy atom. The third-order valence-electron chi connectivity index (χ3n) is 15.8. The highest BCUT2D eigenvalue weighted by molar-refractivity contribution is 6.15. The van der Waals surface area contributed by atoms with E-state index in [4.69, 9.17) is 0 Å². The Balaban J connectivity index is 0.885. The smallest absolute Gasteiger partial charge is 0.0714 e. The van der Waals surface area contributed by atoms with Crippen molar-refractivity contribution in [3.05, 3.63) is 289 Å². The number of fused-ring (bicyclic) bond motifs is 10. The van der Waals surface area contributed by atoms with Crippen LogP contribution in [-0.4, -0.2) is 4.57 Å². The number of rotatable bonds is 7. The van der Waals surface area contributed by atoms with Gasteiger partial charge < -0.3 is 9.47 Å². The molecule has 0 saturated carbocycles. The van der Waals surface area contributed by atoms with Crippen LogP contribution >= 0.6 is 0 Å². The van der Waals surface area contributed by atoms with Gasteiger partial charge in [-0.3, -0.25) is 0 Å². The van der Waals surface area contributed by atoms with Gasteiger partial charge >= 0.3 is 0 Å². The Bertz CT molecular complexity index is 4250. The van der Waals surface area contributed by atoms with Gasteiger partial charge in [0.2, 0.25) is 0 Å². The van der Waals surface area contributed by atoms with Gasteiger partial charge in [0.25, 0.3) is 0 Å². The Morgan fingerprint density at radius 3 is 1.70 bits per heavy atom. The average molecular weight is 933 g/mol. The quantitative estimate of drug-likeness (QED) is 0.145. The molecular formula is C71H52N2. The van der Waals surface area contributed by atoms with Crippen molar-refractivity contribution in [1.29, 1.82) is 0 Å². The van der Waals surface area contributed by atoms with E-state index in [9.17, 15) is 0 Å². The van der Waals surface area contributed by atoms with Gasteiger partial charge in [0, 0.05) is 33.2 Å². The minimum atomic E-state index is -0.478. The van der Waals surface area contributed by atoms with Gasteiger partial charge in [-0.05, 0) is 149 Å². The molecule has 0 fully saturated rings. The molecular weight excluding hydrogens is 881 g/mol. The van der Waals surface area contributed by atoms with Crippen molar-refractivity contribution in [1.82, 2.24) is 4.57 Å². The average Bonchev–Trinajstić information content (AvgIpc) is 3.93. The van der Waals surface area contributed by atoms with Crippen molar-refractivity contribution in [2.75, 3.05) is 4.90 Å². The predicted molar refractivity (Wildman–Crippen MR) is 309 cm³/mol. The number of para-hydroxylation sites is 1. The fourth-order valence-corrected chi connectivity index (χ4v) is 12.3. The molecule has 1 aromatic heterocycles. The first kappa shape index (κ1) is 42.9. The molecule has 1 aliphatic carbocycles. The lowest BCUT2D eigenvalue weighted by Crippen LogP contribution is -2.28. The molecule has 0 N–H and O–H groups in total. The van der Waals surface area contributed by atoms with E-state index in [1.807, 2.05) is 0 Å². The summed E-state index contributed by atoms with van der Waals surface area (Å²) in [5.74, 6) is 0. The Hall–Kier alpha value is -8.98. The van der Waals surface area contributed by atoms with Crippen LogP contribution < -0.4 is 4.90 Å². The largest absolute Gasteiger partial charge is 0.310 e. The number of nitrogens with zero attached hydrogens (tertiary/aromatic N) is 2. The van der Waals surface area contributed by atoms with Crippen molar-refractivity contribution in [2.45, 2.75) is 31.6 Å². The SMILES string of the molecule is CC(C)(C)c1ccc(N(c2ccc3cc(-c4ccc5c(c4)c4ccccc4n5-c4ccc5c(c4)C(c4ccccc4)(c4ccccc4)c4ccccc4-5)ccc3c2)c2cc3ccccc3c3ccccc23)cc1. The fraction of sp³-hybridized carbons (Fsp3) is 0.0704. The van der Waals surface area contributed by atoms with Crippen molar-refractivity contribution in [2.24, 2.45) is 0 Å². The number of hydrogen-bond donors (Lipinski definition) is 0. The lowest BCUT2D eigenvalue weighted by atomic mass is 9.67. The molecule has 0 bridgehead atoms. The molecule has 0 aliphatic heterocycles. The van der Waals surface area contributed by atoms with Crippen molar-refractivity contribution >= 4 is 71.2 Å². The summed E-state index contributed by atoms with van der Waals surface area (Å²) in [4.78, 5) is 2.45. The van der Waals surface area contributed by atoms with Crippen molar-refractivity contribution in [3.63, 3.8) is 0 Å². The maximum atomic E-state index is 2.47. The summed E-state index contributed by atoms with van der Waals surface area (Å²) in [6.45, 7) is 6.84. The third-order valence-corrected chi connectivity index (χ3v) is 15.8. The monoisotopic (exact) mass is 932 g/mol. The predicted octanol–water partition coefficient (Wildman–Crippen LogP) is 19.0. The minimum absolute atomic E-state index is 0.0520.